The molecule has 0 amide bonds. The van der Waals surface area contributed by atoms with Gasteiger partial charge in [-0.2, -0.15) is 0 Å². The fraction of sp³-hybridized carbons (Fsp3) is 0.375. The van der Waals surface area contributed by atoms with E-state index in [1.54, 1.807) is 24.5 Å². The van der Waals surface area contributed by atoms with Gasteiger partial charge in [0.1, 0.15) is 16.7 Å². The summed E-state index contributed by atoms with van der Waals surface area (Å²) < 4.78 is 13.5. The van der Waals surface area contributed by atoms with Gasteiger partial charge in [-0.1, -0.05) is 29.4 Å². The normalized spacial score (nSPS) is 17.3. The fourth-order valence-electron chi connectivity index (χ4n) is 2.45. The fourth-order valence-corrected chi connectivity index (χ4v) is 3.46. The van der Waals surface area contributed by atoms with E-state index in [1.807, 2.05) is 0 Å². The minimum Gasteiger partial charge on any atom is -0.355 e. The van der Waals surface area contributed by atoms with Crippen LogP contribution in [0, 0.1) is 5.82 Å². The molecular weight excluding hydrogens is 335 g/mol. The second-order valence-electron chi connectivity index (χ2n) is 6.01. The summed E-state index contributed by atoms with van der Waals surface area (Å²) in [6, 6.07) is 4.73. The van der Waals surface area contributed by atoms with Crippen molar-refractivity contribution in [3.8, 4) is 0 Å². The van der Waals surface area contributed by atoms with Crippen molar-refractivity contribution in [3.05, 3.63) is 41.4 Å². The highest BCUT2D eigenvalue weighted by Gasteiger charge is 2.26. The number of rotatable bonds is 3. The van der Waals surface area contributed by atoms with E-state index < -0.39 is 5.82 Å². The number of anilines is 1. The Kier molecular flexibility index (Phi) is 4.75. The number of halogens is 2. The summed E-state index contributed by atoms with van der Waals surface area (Å²) in [5.74, 6) is 0.412. The molecule has 0 atom stereocenters. The summed E-state index contributed by atoms with van der Waals surface area (Å²) >= 11 is 7.26. The number of hydrogen-bond donors (Lipinski definition) is 1. The molecule has 1 aromatic carbocycles. The summed E-state index contributed by atoms with van der Waals surface area (Å²) in [6.45, 7) is 3.84. The quantitative estimate of drug-likeness (QED) is 0.912. The molecule has 2 aromatic rings. The van der Waals surface area contributed by atoms with Crippen LogP contribution in [0.15, 0.2) is 40.5 Å². The molecule has 4 nitrogen and oxygen atoms in total. The summed E-state index contributed by atoms with van der Waals surface area (Å²) in [5.41, 5.74) is 6.06. The first-order chi connectivity index (χ1) is 10.9. The van der Waals surface area contributed by atoms with Crippen molar-refractivity contribution in [1.82, 2.24) is 9.97 Å². The Hall–Kier alpha value is -1.37. The molecule has 0 aliphatic carbocycles. The predicted octanol–water partition coefficient (Wildman–Crippen LogP) is 3.74. The van der Waals surface area contributed by atoms with Crippen LogP contribution < -0.4 is 10.6 Å². The van der Waals surface area contributed by atoms with Crippen LogP contribution >= 0.6 is 23.4 Å². The zero-order valence-corrected chi connectivity index (χ0v) is 14.4. The van der Waals surface area contributed by atoms with Gasteiger partial charge in [-0.3, -0.25) is 0 Å². The lowest BCUT2D eigenvalue weighted by atomic mass is 9.91. The Balaban J connectivity index is 1.69. The molecule has 2 N–H and O–H groups in total. The third-order valence-corrected chi connectivity index (χ3v) is 5.45. The zero-order chi connectivity index (χ0) is 16.4. The van der Waals surface area contributed by atoms with Crippen molar-refractivity contribution in [2.45, 2.75) is 35.2 Å². The van der Waals surface area contributed by atoms with Crippen LogP contribution in [0.25, 0.3) is 0 Å². The molecule has 1 aliphatic heterocycles. The zero-order valence-electron chi connectivity index (χ0n) is 12.8. The molecule has 0 radical (unpaired) electrons. The molecule has 0 spiro atoms. The molecule has 1 aromatic heterocycles. The largest absolute Gasteiger partial charge is 0.355 e. The van der Waals surface area contributed by atoms with Crippen molar-refractivity contribution in [1.29, 1.82) is 0 Å². The molecule has 1 aliphatic rings. The number of aromatic nitrogens is 2. The molecule has 1 saturated heterocycles. The maximum Gasteiger partial charge on any atom is 0.147 e. The highest BCUT2D eigenvalue weighted by molar-refractivity contribution is 7.99. The Labute approximate surface area is 144 Å². The summed E-state index contributed by atoms with van der Waals surface area (Å²) in [6.07, 6.45) is 5.31. The second-order valence-corrected chi connectivity index (χ2v) is 7.45. The van der Waals surface area contributed by atoms with E-state index >= 15 is 0 Å². The summed E-state index contributed by atoms with van der Waals surface area (Å²) in [5, 5.41) is 0.795. The minimum atomic E-state index is -0.431. The molecule has 3 rings (SSSR count). The van der Waals surface area contributed by atoms with Crippen LogP contribution in [-0.4, -0.2) is 28.6 Å². The first kappa shape index (κ1) is 16.5. The van der Waals surface area contributed by atoms with Gasteiger partial charge in [0.15, 0.2) is 0 Å². The Morgan fingerprint density at radius 3 is 2.65 bits per heavy atom. The lowest BCUT2D eigenvalue weighted by molar-refractivity contribution is 0.363. The van der Waals surface area contributed by atoms with E-state index in [9.17, 15) is 4.39 Å². The van der Waals surface area contributed by atoms with Gasteiger partial charge in [0.25, 0.3) is 0 Å². The number of hydrogen-bond acceptors (Lipinski definition) is 5. The van der Waals surface area contributed by atoms with E-state index in [-0.39, 0.29) is 10.6 Å². The van der Waals surface area contributed by atoms with Crippen molar-refractivity contribution in [3.63, 3.8) is 0 Å². The molecule has 0 bridgehead atoms. The average molecular weight is 353 g/mol. The molecule has 7 heteroatoms. The van der Waals surface area contributed by atoms with Crippen molar-refractivity contribution >= 4 is 29.2 Å². The number of benzene rings is 1. The van der Waals surface area contributed by atoms with E-state index in [2.05, 4.69) is 21.8 Å². The van der Waals surface area contributed by atoms with Crippen molar-refractivity contribution < 1.29 is 4.39 Å². The number of piperidine rings is 1. The highest BCUT2D eigenvalue weighted by atomic mass is 35.5. The standard InChI is InChI=1S/C16H18ClFN4S/c1-16(19)5-7-22(8-6-16)13-9-21-14(10-20-13)23-12-4-2-3-11(18)15(12)17/h2-4,9-10H,5-8,19H2,1H3. The molecule has 1 fully saturated rings. The molecule has 0 unspecified atom stereocenters. The van der Waals surface area contributed by atoms with Crippen LogP contribution in [0.5, 0.6) is 0 Å². The molecule has 23 heavy (non-hydrogen) atoms. The van der Waals surface area contributed by atoms with Gasteiger partial charge in [0.2, 0.25) is 0 Å². The van der Waals surface area contributed by atoms with Crippen molar-refractivity contribution in [2.24, 2.45) is 5.73 Å². The third-order valence-electron chi connectivity index (χ3n) is 3.97. The SMILES string of the molecule is CC1(N)CCN(c2cnc(Sc3cccc(F)c3Cl)cn2)CC1. The lowest BCUT2D eigenvalue weighted by Crippen LogP contribution is -2.48. The minimum absolute atomic E-state index is 0.0894. The van der Waals surface area contributed by atoms with Crippen molar-refractivity contribution in [2.75, 3.05) is 18.0 Å². The van der Waals surface area contributed by atoms with E-state index in [0.29, 0.717) is 9.92 Å². The smallest absolute Gasteiger partial charge is 0.147 e. The second kappa shape index (κ2) is 6.63. The van der Waals surface area contributed by atoms with E-state index in [0.717, 1.165) is 31.7 Å². The first-order valence-corrected chi connectivity index (χ1v) is 8.62. The van der Waals surface area contributed by atoms with Gasteiger partial charge in [0.05, 0.1) is 17.4 Å². The van der Waals surface area contributed by atoms with Crippen LogP contribution in [0.1, 0.15) is 19.8 Å². The molecular formula is C16H18ClFN4S. The highest BCUT2D eigenvalue weighted by Crippen LogP contribution is 2.33. The Morgan fingerprint density at radius 1 is 1.26 bits per heavy atom. The van der Waals surface area contributed by atoms with E-state index in [1.165, 1.54) is 17.8 Å². The lowest BCUT2D eigenvalue weighted by Gasteiger charge is -2.37. The van der Waals surface area contributed by atoms with Crippen LogP contribution in [0.3, 0.4) is 0 Å². The van der Waals surface area contributed by atoms with Gasteiger partial charge in [-0.05, 0) is 31.9 Å². The molecule has 122 valence electrons. The van der Waals surface area contributed by atoms with E-state index in [4.69, 9.17) is 17.3 Å². The number of nitrogens with two attached hydrogens (primary N) is 1. The van der Waals surface area contributed by atoms with Crippen LogP contribution in [0.2, 0.25) is 5.02 Å². The maximum atomic E-state index is 13.5. The van der Waals surface area contributed by atoms with Gasteiger partial charge >= 0.3 is 0 Å². The van der Waals surface area contributed by atoms with Crippen LogP contribution in [0.4, 0.5) is 10.2 Å². The monoisotopic (exact) mass is 352 g/mol. The van der Waals surface area contributed by atoms with Gasteiger partial charge in [-0.15, -0.1) is 0 Å². The predicted molar refractivity (Wildman–Crippen MR) is 91.6 cm³/mol. The van der Waals surface area contributed by atoms with Gasteiger partial charge < -0.3 is 10.6 Å². The summed E-state index contributed by atoms with van der Waals surface area (Å²) in [7, 11) is 0. The first-order valence-electron chi connectivity index (χ1n) is 7.42. The number of nitrogens with zero attached hydrogens (tertiary/aromatic N) is 3. The van der Waals surface area contributed by atoms with Crippen LogP contribution in [-0.2, 0) is 0 Å². The molecule has 2 heterocycles. The van der Waals surface area contributed by atoms with Gasteiger partial charge in [-0.25, -0.2) is 14.4 Å². The van der Waals surface area contributed by atoms with Gasteiger partial charge in [0, 0.05) is 23.5 Å². The Bertz CT molecular complexity index is 683. The molecule has 0 saturated carbocycles. The maximum absolute atomic E-state index is 13.5. The average Bonchev–Trinajstić information content (AvgIpc) is 2.53. The Morgan fingerprint density at radius 2 is 2.00 bits per heavy atom. The topological polar surface area (TPSA) is 55.0 Å². The summed E-state index contributed by atoms with van der Waals surface area (Å²) in [4.78, 5) is 11.7. The third kappa shape index (κ3) is 3.94.